The van der Waals surface area contributed by atoms with Crippen LogP contribution in [0.1, 0.15) is 0 Å². The minimum Gasteiger partial charge on any atom is -0.491 e. The van der Waals surface area contributed by atoms with Crippen LogP contribution >= 0.6 is 0 Å². The van der Waals surface area contributed by atoms with Gasteiger partial charge in [0.1, 0.15) is 24.0 Å². The third-order valence-electron chi connectivity index (χ3n) is 2.51. The Bertz CT molecular complexity index is 383. The Kier molecular flexibility index (Phi) is 10.5. The maximum atomic E-state index is 12.9. The van der Waals surface area contributed by atoms with Gasteiger partial charge in [-0.25, -0.2) is 8.78 Å². The third kappa shape index (κ3) is 9.62. The van der Waals surface area contributed by atoms with Crippen LogP contribution in [0.15, 0.2) is 18.2 Å². The molecule has 0 heterocycles. The SMILES string of the molecule is COCCOCCOCCOCCOc1cc(F)cc(F)c1. The van der Waals surface area contributed by atoms with E-state index in [1.165, 1.54) is 0 Å². The summed E-state index contributed by atoms with van der Waals surface area (Å²) in [5, 5.41) is 0. The van der Waals surface area contributed by atoms with Gasteiger partial charge in [-0.2, -0.15) is 0 Å². The lowest BCUT2D eigenvalue weighted by atomic mass is 10.3. The van der Waals surface area contributed by atoms with Crippen LogP contribution in [0.25, 0.3) is 0 Å². The summed E-state index contributed by atoms with van der Waals surface area (Å²) < 4.78 is 51.5. The van der Waals surface area contributed by atoms with Crippen molar-refractivity contribution in [1.82, 2.24) is 0 Å². The number of halogens is 2. The van der Waals surface area contributed by atoms with E-state index < -0.39 is 11.6 Å². The van der Waals surface area contributed by atoms with Gasteiger partial charge < -0.3 is 23.7 Å². The molecule has 0 aromatic heterocycles. The highest BCUT2D eigenvalue weighted by Crippen LogP contribution is 2.14. The Morgan fingerprint density at radius 3 is 1.64 bits per heavy atom. The molecule has 1 aromatic rings. The van der Waals surface area contributed by atoms with E-state index in [9.17, 15) is 8.78 Å². The molecule has 0 N–H and O–H groups in total. The number of hydrogen-bond acceptors (Lipinski definition) is 5. The highest BCUT2D eigenvalue weighted by molar-refractivity contribution is 5.23. The van der Waals surface area contributed by atoms with E-state index in [1.807, 2.05) is 0 Å². The molecule has 0 unspecified atom stereocenters. The van der Waals surface area contributed by atoms with Gasteiger partial charge in [0, 0.05) is 25.3 Å². The van der Waals surface area contributed by atoms with E-state index in [-0.39, 0.29) is 12.4 Å². The summed E-state index contributed by atoms with van der Waals surface area (Å²) in [6, 6.07) is 3.03. The maximum absolute atomic E-state index is 12.9. The molecule has 7 heteroatoms. The number of hydrogen-bond donors (Lipinski definition) is 0. The summed E-state index contributed by atoms with van der Waals surface area (Å²) in [6.07, 6.45) is 0. The highest BCUT2D eigenvalue weighted by atomic mass is 19.1. The van der Waals surface area contributed by atoms with Crippen LogP contribution < -0.4 is 4.74 Å². The van der Waals surface area contributed by atoms with Gasteiger partial charge in [0.05, 0.1) is 46.2 Å². The van der Waals surface area contributed by atoms with Crippen LogP contribution in [0.3, 0.4) is 0 Å². The first kappa shape index (κ1) is 18.8. The van der Waals surface area contributed by atoms with Crippen molar-refractivity contribution in [3.8, 4) is 5.75 Å². The molecule has 0 bridgehead atoms. The Hall–Kier alpha value is -1.28. The average molecular weight is 320 g/mol. The molecular formula is C15H22F2O5. The normalized spacial score (nSPS) is 10.9. The lowest BCUT2D eigenvalue weighted by Gasteiger charge is -2.08. The zero-order valence-corrected chi connectivity index (χ0v) is 12.7. The minimum absolute atomic E-state index is 0.144. The van der Waals surface area contributed by atoms with E-state index in [0.29, 0.717) is 46.2 Å². The van der Waals surface area contributed by atoms with E-state index >= 15 is 0 Å². The molecule has 1 aromatic carbocycles. The second kappa shape index (κ2) is 12.3. The summed E-state index contributed by atoms with van der Waals surface area (Å²) in [4.78, 5) is 0. The van der Waals surface area contributed by atoms with Gasteiger partial charge in [-0.3, -0.25) is 0 Å². The molecule has 126 valence electrons. The van der Waals surface area contributed by atoms with Crippen LogP contribution in [0.2, 0.25) is 0 Å². The molecule has 5 nitrogen and oxygen atoms in total. The molecule has 0 saturated carbocycles. The molecule has 0 saturated heterocycles. The third-order valence-corrected chi connectivity index (χ3v) is 2.51. The van der Waals surface area contributed by atoms with E-state index in [2.05, 4.69) is 0 Å². The molecule has 0 aliphatic heterocycles. The van der Waals surface area contributed by atoms with E-state index in [0.717, 1.165) is 18.2 Å². The fourth-order valence-corrected chi connectivity index (χ4v) is 1.51. The number of rotatable bonds is 13. The first-order valence-corrected chi connectivity index (χ1v) is 7.03. The topological polar surface area (TPSA) is 46.2 Å². The largest absolute Gasteiger partial charge is 0.491 e. The summed E-state index contributed by atoms with van der Waals surface area (Å²) in [5.74, 6) is -1.19. The maximum Gasteiger partial charge on any atom is 0.129 e. The molecule has 0 atom stereocenters. The number of methoxy groups -OCH3 is 1. The molecule has 0 radical (unpaired) electrons. The zero-order chi connectivity index (χ0) is 16.0. The first-order valence-electron chi connectivity index (χ1n) is 7.03. The van der Waals surface area contributed by atoms with Gasteiger partial charge in [-0.05, 0) is 0 Å². The standard InChI is InChI=1S/C15H22F2O5/c1-18-2-3-19-4-5-20-6-7-21-8-9-22-15-11-13(16)10-14(17)12-15/h10-12H,2-9H2,1H3. The lowest BCUT2D eigenvalue weighted by Crippen LogP contribution is -2.13. The molecule has 22 heavy (non-hydrogen) atoms. The van der Waals surface area contributed by atoms with Gasteiger partial charge in [-0.15, -0.1) is 0 Å². The Labute approximate surface area is 129 Å². The van der Waals surface area contributed by atoms with Crippen molar-refractivity contribution in [2.75, 3.05) is 60.0 Å². The Balaban J connectivity index is 1.89. The molecule has 1 rings (SSSR count). The van der Waals surface area contributed by atoms with Crippen molar-refractivity contribution in [2.45, 2.75) is 0 Å². The molecular weight excluding hydrogens is 298 g/mol. The number of benzene rings is 1. The smallest absolute Gasteiger partial charge is 0.129 e. The predicted molar refractivity (Wildman–Crippen MR) is 76.2 cm³/mol. The van der Waals surface area contributed by atoms with Crippen LogP contribution in [-0.4, -0.2) is 60.0 Å². The fourth-order valence-electron chi connectivity index (χ4n) is 1.51. The summed E-state index contributed by atoms with van der Waals surface area (Å²) in [5.41, 5.74) is 0. The van der Waals surface area contributed by atoms with Crippen molar-refractivity contribution in [1.29, 1.82) is 0 Å². The van der Waals surface area contributed by atoms with Gasteiger partial charge in [0.15, 0.2) is 0 Å². The van der Waals surface area contributed by atoms with Crippen LogP contribution in [0.5, 0.6) is 5.75 Å². The quantitative estimate of drug-likeness (QED) is 0.521. The van der Waals surface area contributed by atoms with Gasteiger partial charge in [0.25, 0.3) is 0 Å². The van der Waals surface area contributed by atoms with Crippen LogP contribution in [0.4, 0.5) is 8.78 Å². The fraction of sp³-hybridized carbons (Fsp3) is 0.600. The van der Waals surface area contributed by atoms with Gasteiger partial charge in [0.2, 0.25) is 0 Å². The molecule has 0 spiro atoms. The van der Waals surface area contributed by atoms with Gasteiger partial charge >= 0.3 is 0 Å². The summed E-state index contributed by atoms with van der Waals surface area (Å²) in [7, 11) is 1.62. The first-order chi connectivity index (χ1) is 10.7. The van der Waals surface area contributed by atoms with E-state index in [4.69, 9.17) is 23.7 Å². The lowest BCUT2D eigenvalue weighted by molar-refractivity contribution is 0.000144. The second-order valence-electron chi connectivity index (χ2n) is 4.28. The Morgan fingerprint density at radius 1 is 0.682 bits per heavy atom. The van der Waals surface area contributed by atoms with E-state index in [1.54, 1.807) is 7.11 Å². The minimum atomic E-state index is -0.669. The van der Waals surface area contributed by atoms with Crippen molar-refractivity contribution in [2.24, 2.45) is 0 Å². The van der Waals surface area contributed by atoms with Gasteiger partial charge in [-0.1, -0.05) is 0 Å². The number of ether oxygens (including phenoxy) is 5. The molecule has 0 aliphatic rings. The summed E-state index contributed by atoms with van der Waals surface area (Å²) in [6.45, 7) is 3.51. The zero-order valence-electron chi connectivity index (χ0n) is 12.7. The monoisotopic (exact) mass is 320 g/mol. The second-order valence-corrected chi connectivity index (χ2v) is 4.28. The van der Waals surface area contributed by atoms with Crippen LogP contribution in [0, 0.1) is 11.6 Å². The average Bonchev–Trinajstić information content (AvgIpc) is 2.47. The Morgan fingerprint density at radius 2 is 1.14 bits per heavy atom. The van der Waals surface area contributed by atoms with Crippen LogP contribution in [-0.2, 0) is 18.9 Å². The van der Waals surface area contributed by atoms with Crippen molar-refractivity contribution < 1.29 is 32.5 Å². The molecule has 0 fully saturated rings. The van der Waals surface area contributed by atoms with Crippen molar-refractivity contribution >= 4 is 0 Å². The molecule has 0 aliphatic carbocycles. The predicted octanol–water partition coefficient (Wildman–Crippen LogP) is 2.04. The van der Waals surface area contributed by atoms with Crippen molar-refractivity contribution in [3.63, 3.8) is 0 Å². The summed E-state index contributed by atoms with van der Waals surface area (Å²) >= 11 is 0. The van der Waals surface area contributed by atoms with Crippen molar-refractivity contribution in [3.05, 3.63) is 29.8 Å². The molecule has 0 amide bonds. The highest BCUT2D eigenvalue weighted by Gasteiger charge is 2.01.